The second-order valence-corrected chi connectivity index (χ2v) is 8.38. The molecule has 2 rings (SSSR count). The van der Waals surface area contributed by atoms with E-state index in [-0.39, 0.29) is 16.2 Å². The smallest absolute Gasteiger partial charge is 0.241 e. The number of benzene rings is 1. The van der Waals surface area contributed by atoms with Gasteiger partial charge in [0, 0.05) is 17.8 Å². The number of nitrogens with two attached hydrogens (primary N) is 1. The number of rotatable bonds is 6. The minimum absolute atomic E-state index is 0.0384. The third kappa shape index (κ3) is 3.77. The highest BCUT2D eigenvalue weighted by Crippen LogP contribution is 2.39. The van der Waals surface area contributed by atoms with Crippen LogP contribution in [0.3, 0.4) is 0 Å². The van der Waals surface area contributed by atoms with Gasteiger partial charge in [0.25, 0.3) is 0 Å². The summed E-state index contributed by atoms with van der Waals surface area (Å²) in [5.41, 5.74) is 5.97. The summed E-state index contributed by atoms with van der Waals surface area (Å²) in [6.45, 7) is 0.432. The Bertz CT molecular complexity index is 599. The van der Waals surface area contributed by atoms with Crippen molar-refractivity contribution in [3.8, 4) is 0 Å². The zero-order valence-electron chi connectivity index (χ0n) is 12.1. The van der Waals surface area contributed by atoms with E-state index < -0.39 is 15.8 Å². The van der Waals surface area contributed by atoms with E-state index in [0.717, 1.165) is 31.7 Å². The van der Waals surface area contributed by atoms with E-state index in [1.807, 2.05) is 6.26 Å². The molecule has 0 spiro atoms. The fourth-order valence-electron chi connectivity index (χ4n) is 2.72. The summed E-state index contributed by atoms with van der Waals surface area (Å²) in [6.07, 6.45) is 6.26. The third-order valence-corrected chi connectivity index (χ3v) is 6.97. The van der Waals surface area contributed by atoms with E-state index in [1.54, 1.807) is 11.8 Å². The van der Waals surface area contributed by atoms with Crippen molar-refractivity contribution >= 4 is 21.8 Å². The lowest BCUT2D eigenvalue weighted by Gasteiger charge is -2.27. The van der Waals surface area contributed by atoms with E-state index >= 15 is 0 Å². The number of hydrogen-bond donors (Lipinski definition) is 2. The molecule has 1 aliphatic rings. The number of nitrogens with one attached hydrogen (secondary N) is 1. The lowest BCUT2D eigenvalue weighted by atomic mass is 10.1. The largest absolute Gasteiger partial charge is 0.326 e. The van der Waals surface area contributed by atoms with Crippen molar-refractivity contribution in [2.75, 3.05) is 12.8 Å². The van der Waals surface area contributed by atoms with Crippen LogP contribution >= 0.6 is 11.8 Å². The molecule has 3 N–H and O–H groups in total. The molecule has 1 saturated carbocycles. The topological polar surface area (TPSA) is 72.2 Å². The fraction of sp³-hybridized carbons (Fsp3) is 0.571. The van der Waals surface area contributed by atoms with Crippen molar-refractivity contribution in [1.29, 1.82) is 0 Å². The lowest BCUT2D eigenvalue weighted by molar-refractivity contribution is 0.548. The number of halogens is 1. The minimum atomic E-state index is -3.74. The molecule has 0 aliphatic heterocycles. The molecule has 0 aromatic heterocycles. The maximum absolute atomic E-state index is 13.4. The van der Waals surface area contributed by atoms with Crippen molar-refractivity contribution in [2.24, 2.45) is 5.73 Å². The van der Waals surface area contributed by atoms with Crippen LogP contribution in [0.15, 0.2) is 23.1 Å². The first-order valence-corrected chi connectivity index (χ1v) is 9.66. The first-order chi connectivity index (χ1) is 9.92. The lowest BCUT2D eigenvalue weighted by Crippen LogP contribution is -2.38. The molecule has 21 heavy (non-hydrogen) atoms. The summed E-state index contributed by atoms with van der Waals surface area (Å²) >= 11 is 1.70. The molecule has 0 radical (unpaired) electrons. The van der Waals surface area contributed by atoms with Gasteiger partial charge in [-0.3, -0.25) is 0 Å². The summed E-state index contributed by atoms with van der Waals surface area (Å²) in [6, 6.07) is 3.68. The molecule has 0 amide bonds. The van der Waals surface area contributed by atoms with Gasteiger partial charge in [-0.05, 0) is 36.8 Å². The van der Waals surface area contributed by atoms with Gasteiger partial charge in [-0.2, -0.15) is 11.8 Å². The second kappa shape index (κ2) is 6.64. The second-order valence-electron chi connectivity index (χ2n) is 5.37. The van der Waals surface area contributed by atoms with Crippen LogP contribution in [0, 0.1) is 5.82 Å². The van der Waals surface area contributed by atoms with Gasteiger partial charge in [0.1, 0.15) is 5.82 Å². The molecule has 0 bridgehead atoms. The van der Waals surface area contributed by atoms with E-state index in [9.17, 15) is 12.8 Å². The van der Waals surface area contributed by atoms with Crippen LogP contribution in [0.5, 0.6) is 0 Å². The zero-order chi connectivity index (χ0) is 15.5. The SMILES string of the molecule is CSC1(CNS(=O)(=O)c2cc(F)ccc2CN)CCCC1. The average molecular weight is 332 g/mol. The number of hydrogen-bond acceptors (Lipinski definition) is 4. The van der Waals surface area contributed by atoms with E-state index in [0.29, 0.717) is 12.1 Å². The Morgan fingerprint density at radius 1 is 1.38 bits per heavy atom. The Kier molecular flexibility index (Phi) is 5.29. The first kappa shape index (κ1) is 16.7. The molecular weight excluding hydrogens is 311 g/mol. The monoisotopic (exact) mass is 332 g/mol. The van der Waals surface area contributed by atoms with Crippen LogP contribution in [0.25, 0.3) is 0 Å². The van der Waals surface area contributed by atoms with Gasteiger partial charge in [-0.25, -0.2) is 17.5 Å². The maximum Gasteiger partial charge on any atom is 0.241 e. The highest BCUT2D eigenvalue weighted by Gasteiger charge is 2.34. The van der Waals surface area contributed by atoms with E-state index in [4.69, 9.17) is 5.73 Å². The molecule has 1 fully saturated rings. The Morgan fingerprint density at radius 3 is 2.62 bits per heavy atom. The molecule has 4 nitrogen and oxygen atoms in total. The Morgan fingerprint density at radius 2 is 2.05 bits per heavy atom. The molecular formula is C14H21FN2O2S2. The number of thioether (sulfide) groups is 1. The normalized spacial score (nSPS) is 18.0. The van der Waals surface area contributed by atoms with Gasteiger partial charge in [-0.15, -0.1) is 0 Å². The van der Waals surface area contributed by atoms with Crippen molar-refractivity contribution in [1.82, 2.24) is 4.72 Å². The fourth-order valence-corrected chi connectivity index (χ4v) is 5.11. The summed E-state index contributed by atoms with van der Waals surface area (Å²) < 4.78 is 40.8. The molecule has 0 atom stereocenters. The molecule has 0 unspecified atom stereocenters. The van der Waals surface area contributed by atoms with Crippen LogP contribution in [-0.2, 0) is 16.6 Å². The summed E-state index contributed by atoms with van der Waals surface area (Å²) in [4.78, 5) is -0.0562. The maximum atomic E-state index is 13.4. The van der Waals surface area contributed by atoms with Crippen molar-refractivity contribution in [3.63, 3.8) is 0 Å². The molecule has 1 aromatic rings. The Hall–Kier alpha value is -0.630. The van der Waals surface area contributed by atoms with Crippen LogP contribution in [0.2, 0.25) is 0 Å². The predicted octanol–water partition coefficient (Wildman–Crippen LogP) is 2.24. The van der Waals surface area contributed by atoms with E-state index in [2.05, 4.69) is 4.72 Å². The standard InChI is InChI=1S/C14H21FN2O2S2/c1-20-14(6-2-3-7-14)10-17-21(18,19)13-8-12(15)5-4-11(13)9-16/h4-5,8,17H,2-3,6-7,9-10,16H2,1H3. The van der Waals surface area contributed by atoms with Crippen molar-refractivity contribution in [2.45, 2.75) is 41.9 Å². The predicted molar refractivity (Wildman–Crippen MR) is 84.2 cm³/mol. The van der Waals surface area contributed by atoms with Gasteiger partial charge < -0.3 is 5.73 Å². The number of sulfonamides is 1. The first-order valence-electron chi connectivity index (χ1n) is 6.96. The van der Waals surface area contributed by atoms with Crippen molar-refractivity contribution < 1.29 is 12.8 Å². The molecule has 1 aromatic carbocycles. The highest BCUT2D eigenvalue weighted by molar-refractivity contribution is 8.00. The highest BCUT2D eigenvalue weighted by atomic mass is 32.2. The van der Waals surface area contributed by atoms with Gasteiger partial charge >= 0.3 is 0 Å². The van der Waals surface area contributed by atoms with Crippen molar-refractivity contribution in [3.05, 3.63) is 29.6 Å². The molecule has 0 saturated heterocycles. The van der Waals surface area contributed by atoms with Gasteiger partial charge in [0.15, 0.2) is 0 Å². The van der Waals surface area contributed by atoms with Crippen LogP contribution < -0.4 is 10.5 Å². The molecule has 7 heteroatoms. The summed E-state index contributed by atoms with van der Waals surface area (Å²) in [7, 11) is -3.74. The summed E-state index contributed by atoms with van der Waals surface area (Å²) in [5.74, 6) is -0.576. The molecule has 0 heterocycles. The average Bonchev–Trinajstić information content (AvgIpc) is 2.95. The van der Waals surface area contributed by atoms with E-state index in [1.165, 1.54) is 12.1 Å². The zero-order valence-corrected chi connectivity index (χ0v) is 13.7. The van der Waals surface area contributed by atoms with Gasteiger partial charge in [-0.1, -0.05) is 18.9 Å². The molecule has 118 valence electrons. The van der Waals surface area contributed by atoms with Crippen LogP contribution in [0.1, 0.15) is 31.2 Å². The Balaban J connectivity index is 2.20. The van der Waals surface area contributed by atoms with Gasteiger partial charge in [0.05, 0.1) is 4.90 Å². The quantitative estimate of drug-likeness (QED) is 0.838. The third-order valence-electron chi connectivity index (χ3n) is 4.07. The van der Waals surface area contributed by atoms with Crippen LogP contribution in [0.4, 0.5) is 4.39 Å². The minimum Gasteiger partial charge on any atom is -0.326 e. The molecule has 1 aliphatic carbocycles. The van der Waals surface area contributed by atoms with Gasteiger partial charge in [0.2, 0.25) is 10.0 Å². The summed E-state index contributed by atoms with van der Waals surface area (Å²) in [5, 5.41) is 0. The van der Waals surface area contributed by atoms with Crippen LogP contribution in [-0.4, -0.2) is 26.0 Å². The Labute approximate surface area is 129 Å².